The van der Waals surface area contributed by atoms with Crippen molar-refractivity contribution in [2.45, 2.75) is 25.7 Å². The SMILES string of the molecule is O=C(COc1cccc(N2CCCC2=O)c1)C1CC1. The molecule has 2 fully saturated rings. The summed E-state index contributed by atoms with van der Waals surface area (Å²) in [7, 11) is 0. The van der Waals surface area contributed by atoms with Gasteiger partial charge in [0.25, 0.3) is 0 Å². The third kappa shape index (κ3) is 2.78. The Morgan fingerprint density at radius 1 is 1.37 bits per heavy atom. The maximum absolute atomic E-state index is 11.7. The summed E-state index contributed by atoms with van der Waals surface area (Å²) in [6.07, 6.45) is 3.53. The summed E-state index contributed by atoms with van der Waals surface area (Å²) in [6.45, 7) is 0.908. The lowest BCUT2D eigenvalue weighted by atomic mass is 10.2. The van der Waals surface area contributed by atoms with Crippen LogP contribution in [0.15, 0.2) is 24.3 Å². The van der Waals surface area contributed by atoms with E-state index in [2.05, 4.69) is 0 Å². The van der Waals surface area contributed by atoms with E-state index in [4.69, 9.17) is 4.74 Å². The molecule has 1 aromatic rings. The molecule has 3 rings (SSSR count). The van der Waals surface area contributed by atoms with Gasteiger partial charge in [-0.25, -0.2) is 0 Å². The summed E-state index contributed by atoms with van der Waals surface area (Å²) in [5.74, 6) is 1.23. The Kier molecular flexibility index (Phi) is 3.23. The summed E-state index contributed by atoms with van der Waals surface area (Å²) in [5, 5.41) is 0. The van der Waals surface area contributed by atoms with Gasteiger partial charge in [-0.15, -0.1) is 0 Å². The van der Waals surface area contributed by atoms with Crippen molar-refractivity contribution in [2.75, 3.05) is 18.1 Å². The largest absolute Gasteiger partial charge is 0.486 e. The molecule has 0 bridgehead atoms. The minimum absolute atomic E-state index is 0.141. The number of Topliss-reactive ketones (excluding diaryl/α,β-unsaturated/α-hetero) is 1. The quantitative estimate of drug-likeness (QED) is 0.814. The van der Waals surface area contributed by atoms with Gasteiger partial charge in [-0.1, -0.05) is 6.07 Å². The number of nitrogens with zero attached hydrogens (tertiary/aromatic N) is 1. The second-order valence-corrected chi connectivity index (χ2v) is 5.18. The predicted octanol–water partition coefficient (Wildman–Crippen LogP) is 2.17. The molecule has 1 saturated heterocycles. The first kappa shape index (κ1) is 12.2. The van der Waals surface area contributed by atoms with E-state index in [1.54, 1.807) is 4.90 Å². The standard InChI is InChI=1S/C15H17NO3/c17-14(11-6-7-11)10-19-13-4-1-3-12(9-13)16-8-2-5-15(16)18/h1,3-4,9,11H,2,5-8,10H2. The molecule has 19 heavy (non-hydrogen) atoms. The molecule has 1 amide bonds. The van der Waals surface area contributed by atoms with E-state index in [9.17, 15) is 9.59 Å². The molecule has 0 atom stereocenters. The highest BCUT2D eigenvalue weighted by Crippen LogP contribution is 2.30. The number of ketones is 1. The Hall–Kier alpha value is -1.84. The van der Waals surface area contributed by atoms with Crippen molar-refractivity contribution in [2.24, 2.45) is 5.92 Å². The minimum Gasteiger partial charge on any atom is -0.486 e. The fraction of sp³-hybridized carbons (Fsp3) is 0.467. The van der Waals surface area contributed by atoms with Crippen LogP contribution >= 0.6 is 0 Å². The van der Waals surface area contributed by atoms with E-state index >= 15 is 0 Å². The van der Waals surface area contributed by atoms with Crippen molar-refractivity contribution >= 4 is 17.4 Å². The molecule has 0 aromatic heterocycles. The Morgan fingerprint density at radius 2 is 2.21 bits per heavy atom. The van der Waals surface area contributed by atoms with Gasteiger partial charge in [0, 0.05) is 30.6 Å². The third-order valence-electron chi connectivity index (χ3n) is 3.62. The minimum atomic E-state index is 0.141. The van der Waals surface area contributed by atoms with E-state index in [1.165, 1.54) is 0 Å². The lowest BCUT2D eigenvalue weighted by Gasteiger charge is -2.16. The van der Waals surface area contributed by atoms with Gasteiger partial charge in [0.05, 0.1) is 0 Å². The molecule has 1 aliphatic heterocycles. The van der Waals surface area contributed by atoms with E-state index in [-0.39, 0.29) is 24.2 Å². The molecule has 4 nitrogen and oxygen atoms in total. The third-order valence-corrected chi connectivity index (χ3v) is 3.62. The average molecular weight is 259 g/mol. The van der Waals surface area contributed by atoms with Gasteiger partial charge >= 0.3 is 0 Å². The van der Waals surface area contributed by atoms with Gasteiger partial charge in [-0.05, 0) is 31.4 Å². The summed E-state index contributed by atoms with van der Waals surface area (Å²) < 4.78 is 5.52. The molecule has 2 aliphatic rings. The Labute approximate surface area is 112 Å². The fourth-order valence-corrected chi connectivity index (χ4v) is 2.34. The summed E-state index contributed by atoms with van der Waals surface area (Å²) in [6, 6.07) is 7.42. The lowest BCUT2D eigenvalue weighted by Crippen LogP contribution is -2.23. The van der Waals surface area contributed by atoms with Crippen molar-refractivity contribution in [3.63, 3.8) is 0 Å². The highest BCUT2D eigenvalue weighted by molar-refractivity contribution is 5.95. The average Bonchev–Trinajstić information content (AvgIpc) is 3.19. The van der Waals surface area contributed by atoms with Crippen molar-refractivity contribution < 1.29 is 14.3 Å². The van der Waals surface area contributed by atoms with Gasteiger partial charge < -0.3 is 9.64 Å². The summed E-state index contributed by atoms with van der Waals surface area (Å²) >= 11 is 0. The van der Waals surface area contributed by atoms with Gasteiger partial charge in [0.15, 0.2) is 5.78 Å². The highest BCUT2D eigenvalue weighted by atomic mass is 16.5. The molecular weight excluding hydrogens is 242 g/mol. The molecule has 0 N–H and O–H groups in total. The second-order valence-electron chi connectivity index (χ2n) is 5.18. The van der Waals surface area contributed by atoms with Gasteiger partial charge in [0.2, 0.25) is 5.91 Å². The van der Waals surface area contributed by atoms with Crippen molar-refractivity contribution in [3.05, 3.63) is 24.3 Å². The number of rotatable bonds is 5. The Morgan fingerprint density at radius 3 is 2.89 bits per heavy atom. The molecular formula is C15H17NO3. The maximum Gasteiger partial charge on any atom is 0.227 e. The molecule has 0 spiro atoms. The lowest BCUT2D eigenvalue weighted by molar-refractivity contribution is -0.122. The first-order valence-corrected chi connectivity index (χ1v) is 6.80. The van der Waals surface area contributed by atoms with E-state index in [1.807, 2.05) is 24.3 Å². The van der Waals surface area contributed by atoms with Crippen LogP contribution in [0.1, 0.15) is 25.7 Å². The monoisotopic (exact) mass is 259 g/mol. The number of amides is 1. The van der Waals surface area contributed by atoms with E-state index < -0.39 is 0 Å². The molecule has 1 heterocycles. The molecule has 1 saturated carbocycles. The van der Waals surface area contributed by atoms with E-state index in [0.29, 0.717) is 12.2 Å². The van der Waals surface area contributed by atoms with Crippen LogP contribution in [0.2, 0.25) is 0 Å². The van der Waals surface area contributed by atoms with Crippen LogP contribution in [0, 0.1) is 5.92 Å². The molecule has 4 heteroatoms. The smallest absolute Gasteiger partial charge is 0.227 e. The zero-order valence-electron chi connectivity index (χ0n) is 10.8. The van der Waals surface area contributed by atoms with Crippen LogP contribution in [0.5, 0.6) is 5.75 Å². The Balaban J connectivity index is 1.65. The van der Waals surface area contributed by atoms with Crippen LogP contribution in [-0.4, -0.2) is 24.8 Å². The number of carbonyl (C=O) groups excluding carboxylic acids is 2. The number of benzene rings is 1. The van der Waals surface area contributed by atoms with E-state index in [0.717, 1.165) is 31.5 Å². The number of carbonyl (C=O) groups is 2. The summed E-state index contributed by atoms with van der Waals surface area (Å²) in [5.41, 5.74) is 0.860. The van der Waals surface area contributed by atoms with Crippen molar-refractivity contribution in [1.82, 2.24) is 0 Å². The molecule has 1 aromatic carbocycles. The van der Waals surface area contributed by atoms with Crippen LogP contribution in [0.25, 0.3) is 0 Å². The van der Waals surface area contributed by atoms with Gasteiger partial charge in [-0.2, -0.15) is 0 Å². The van der Waals surface area contributed by atoms with Crippen LogP contribution in [-0.2, 0) is 9.59 Å². The molecule has 0 unspecified atom stereocenters. The zero-order valence-corrected chi connectivity index (χ0v) is 10.8. The van der Waals surface area contributed by atoms with Crippen LogP contribution < -0.4 is 9.64 Å². The number of anilines is 1. The zero-order chi connectivity index (χ0) is 13.2. The van der Waals surface area contributed by atoms with Crippen molar-refractivity contribution in [3.8, 4) is 5.75 Å². The molecule has 100 valence electrons. The topological polar surface area (TPSA) is 46.6 Å². The molecule has 1 aliphatic carbocycles. The number of hydrogen-bond donors (Lipinski definition) is 0. The number of hydrogen-bond acceptors (Lipinski definition) is 3. The fourth-order valence-electron chi connectivity index (χ4n) is 2.34. The normalized spacial score (nSPS) is 18.7. The first-order chi connectivity index (χ1) is 9.24. The van der Waals surface area contributed by atoms with Crippen molar-refractivity contribution in [1.29, 1.82) is 0 Å². The Bertz CT molecular complexity index is 508. The van der Waals surface area contributed by atoms with Gasteiger partial charge in [-0.3, -0.25) is 9.59 Å². The second kappa shape index (κ2) is 5.03. The van der Waals surface area contributed by atoms with Crippen LogP contribution in [0.4, 0.5) is 5.69 Å². The summed E-state index contributed by atoms with van der Waals surface area (Å²) in [4.78, 5) is 25.0. The van der Waals surface area contributed by atoms with Crippen LogP contribution in [0.3, 0.4) is 0 Å². The van der Waals surface area contributed by atoms with Gasteiger partial charge in [0.1, 0.15) is 12.4 Å². The number of ether oxygens (including phenoxy) is 1. The molecule has 0 radical (unpaired) electrons. The highest BCUT2D eigenvalue weighted by Gasteiger charge is 2.29. The first-order valence-electron chi connectivity index (χ1n) is 6.80. The maximum atomic E-state index is 11.7. The predicted molar refractivity (Wildman–Crippen MR) is 71.3 cm³/mol.